The summed E-state index contributed by atoms with van der Waals surface area (Å²) < 4.78 is 0. The molecule has 4 heteroatoms. The molecule has 0 aromatic carbocycles. The predicted molar refractivity (Wildman–Crippen MR) is 83.8 cm³/mol. The van der Waals surface area contributed by atoms with Crippen LogP contribution in [0.2, 0.25) is 0 Å². The minimum atomic E-state index is -0.665. The highest BCUT2D eigenvalue weighted by atomic mass is 16.2. The molecular formula is C17H30N2O2. The number of hydrogen-bond acceptors (Lipinski definition) is 2. The molecule has 0 spiro atoms. The summed E-state index contributed by atoms with van der Waals surface area (Å²) in [5.41, 5.74) is -0.665. The first-order valence-electron chi connectivity index (χ1n) is 8.56. The molecule has 0 aromatic heterocycles. The standard InChI is InChI=1S/C17H30N2O2/c1-5-6-7-8-9-12(2)19-13(3)15(20)18-17(4,16(19)21)14-10-11-14/h12-14H,5-11H2,1-4H3,(H,18,20). The maximum atomic E-state index is 12.9. The van der Waals surface area contributed by atoms with Crippen molar-refractivity contribution in [3.63, 3.8) is 0 Å². The first-order chi connectivity index (χ1) is 9.91. The fourth-order valence-electron chi connectivity index (χ4n) is 3.51. The van der Waals surface area contributed by atoms with Gasteiger partial charge in [-0.15, -0.1) is 0 Å². The monoisotopic (exact) mass is 294 g/mol. The average Bonchev–Trinajstić information content (AvgIpc) is 3.27. The first-order valence-corrected chi connectivity index (χ1v) is 8.56. The Morgan fingerprint density at radius 2 is 1.95 bits per heavy atom. The van der Waals surface area contributed by atoms with Crippen LogP contribution in [0.1, 0.15) is 72.6 Å². The number of carbonyl (C=O) groups is 2. The summed E-state index contributed by atoms with van der Waals surface area (Å²) in [5.74, 6) is 0.459. The molecule has 2 aliphatic rings. The van der Waals surface area contributed by atoms with Gasteiger partial charge in [0.15, 0.2) is 0 Å². The number of piperazine rings is 1. The number of nitrogens with one attached hydrogen (secondary N) is 1. The van der Waals surface area contributed by atoms with Crippen LogP contribution in [-0.2, 0) is 9.59 Å². The van der Waals surface area contributed by atoms with E-state index in [2.05, 4.69) is 19.2 Å². The van der Waals surface area contributed by atoms with Crippen LogP contribution < -0.4 is 5.32 Å². The van der Waals surface area contributed by atoms with E-state index in [1.54, 1.807) is 0 Å². The largest absolute Gasteiger partial charge is 0.340 e. The molecule has 1 aliphatic carbocycles. The third kappa shape index (κ3) is 3.24. The molecule has 1 N–H and O–H groups in total. The summed E-state index contributed by atoms with van der Waals surface area (Å²) in [6.07, 6.45) is 7.90. The van der Waals surface area contributed by atoms with Gasteiger partial charge in [-0.05, 0) is 46.0 Å². The van der Waals surface area contributed by atoms with Crippen molar-refractivity contribution in [2.24, 2.45) is 5.92 Å². The maximum Gasteiger partial charge on any atom is 0.249 e. The van der Waals surface area contributed by atoms with Gasteiger partial charge >= 0.3 is 0 Å². The quantitative estimate of drug-likeness (QED) is 0.734. The van der Waals surface area contributed by atoms with Crippen molar-refractivity contribution in [3.8, 4) is 0 Å². The molecule has 1 saturated heterocycles. The van der Waals surface area contributed by atoms with Gasteiger partial charge in [-0.2, -0.15) is 0 Å². The predicted octanol–water partition coefficient (Wildman–Crippen LogP) is 2.86. The number of unbranched alkanes of at least 4 members (excludes halogenated alkanes) is 3. The van der Waals surface area contributed by atoms with E-state index >= 15 is 0 Å². The summed E-state index contributed by atoms with van der Waals surface area (Å²) in [5, 5.41) is 2.99. The molecule has 0 bridgehead atoms. The topological polar surface area (TPSA) is 49.4 Å². The number of amides is 2. The second-order valence-electron chi connectivity index (χ2n) is 7.05. The lowest BCUT2D eigenvalue weighted by Gasteiger charge is -2.46. The Kier molecular flexibility index (Phi) is 4.95. The van der Waals surface area contributed by atoms with E-state index in [0.29, 0.717) is 5.92 Å². The van der Waals surface area contributed by atoms with E-state index in [0.717, 1.165) is 25.7 Å². The van der Waals surface area contributed by atoms with Crippen LogP contribution in [0.25, 0.3) is 0 Å². The lowest BCUT2D eigenvalue weighted by molar-refractivity contribution is -0.157. The van der Waals surface area contributed by atoms with E-state index in [1.807, 2.05) is 18.7 Å². The Morgan fingerprint density at radius 1 is 1.29 bits per heavy atom. The van der Waals surface area contributed by atoms with Gasteiger partial charge in [0, 0.05) is 6.04 Å². The van der Waals surface area contributed by atoms with Crippen LogP contribution in [0.15, 0.2) is 0 Å². The van der Waals surface area contributed by atoms with E-state index < -0.39 is 5.54 Å². The van der Waals surface area contributed by atoms with Crippen molar-refractivity contribution in [1.82, 2.24) is 10.2 Å². The molecular weight excluding hydrogens is 264 g/mol. The van der Waals surface area contributed by atoms with Gasteiger partial charge < -0.3 is 10.2 Å². The molecule has 2 amide bonds. The highest BCUT2D eigenvalue weighted by Gasteiger charge is 2.55. The van der Waals surface area contributed by atoms with Crippen molar-refractivity contribution >= 4 is 11.8 Å². The molecule has 0 aromatic rings. The summed E-state index contributed by atoms with van der Waals surface area (Å²) in [6, 6.07) is -0.195. The van der Waals surface area contributed by atoms with E-state index in [1.165, 1.54) is 19.3 Å². The lowest BCUT2D eigenvalue weighted by atomic mass is 9.88. The molecule has 2 fully saturated rings. The van der Waals surface area contributed by atoms with E-state index in [-0.39, 0.29) is 23.9 Å². The second kappa shape index (κ2) is 6.37. The Hall–Kier alpha value is -1.06. The Bertz CT molecular complexity index is 406. The highest BCUT2D eigenvalue weighted by Crippen LogP contribution is 2.42. The van der Waals surface area contributed by atoms with Gasteiger partial charge in [0.25, 0.3) is 0 Å². The third-order valence-electron chi connectivity index (χ3n) is 5.20. The number of nitrogens with zero attached hydrogens (tertiary/aromatic N) is 1. The molecule has 2 rings (SSSR count). The van der Waals surface area contributed by atoms with Crippen LogP contribution in [0.5, 0.6) is 0 Å². The normalized spacial score (nSPS) is 31.2. The molecule has 3 atom stereocenters. The van der Waals surface area contributed by atoms with Crippen molar-refractivity contribution in [1.29, 1.82) is 0 Å². The van der Waals surface area contributed by atoms with Crippen LogP contribution in [-0.4, -0.2) is 34.3 Å². The Balaban J connectivity index is 2.04. The van der Waals surface area contributed by atoms with Crippen molar-refractivity contribution < 1.29 is 9.59 Å². The second-order valence-corrected chi connectivity index (χ2v) is 7.05. The van der Waals surface area contributed by atoms with Crippen molar-refractivity contribution in [2.75, 3.05) is 0 Å². The molecule has 4 nitrogen and oxygen atoms in total. The fourth-order valence-corrected chi connectivity index (χ4v) is 3.51. The molecule has 1 aliphatic heterocycles. The third-order valence-corrected chi connectivity index (χ3v) is 5.20. The summed E-state index contributed by atoms with van der Waals surface area (Å²) >= 11 is 0. The summed E-state index contributed by atoms with van der Waals surface area (Å²) in [6.45, 7) is 8.05. The zero-order valence-electron chi connectivity index (χ0n) is 13.9. The molecule has 0 radical (unpaired) electrons. The molecule has 21 heavy (non-hydrogen) atoms. The van der Waals surface area contributed by atoms with E-state index in [9.17, 15) is 9.59 Å². The van der Waals surface area contributed by atoms with Crippen LogP contribution in [0, 0.1) is 5.92 Å². The zero-order valence-corrected chi connectivity index (χ0v) is 13.9. The molecule has 120 valence electrons. The summed E-state index contributed by atoms with van der Waals surface area (Å²) in [7, 11) is 0. The smallest absolute Gasteiger partial charge is 0.249 e. The highest BCUT2D eigenvalue weighted by molar-refractivity contribution is 6.00. The minimum absolute atomic E-state index is 0.00408. The molecule has 1 heterocycles. The van der Waals surface area contributed by atoms with Crippen molar-refractivity contribution in [3.05, 3.63) is 0 Å². The first kappa shape index (κ1) is 16.3. The fraction of sp³-hybridized carbons (Fsp3) is 0.882. The zero-order chi connectivity index (χ0) is 15.6. The van der Waals surface area contributed by atoms with Gasteiger partial charge in [0.1, 0.15) is 11.6 Å². The number of hydrogen-bond donors (Lipinski definition) is 1. The van der Waals surface area contributed by atoms with Crippen LogP contribution in [0.4, 0.5) is 0 Å². The van der Waals surface area contributed by atoms with Gasteiger partial charge in [0.05, 0.1) is 0 Å². The van der Waals surface area contributed by atoms with Crippen LogP contribution in [0.3, 0.4) is 0 Å². The Labute approximate surface area is 128 Å². The van der Waals surface area contributed by atoms with E-state index in [4.69, 9.17) is 0 Å². The lowest BCUT2D eigenvalue weighted by Crippen LogP contribution is -2.71. The van der Waals surface area contributed by atoms with Gasteiger partial charge in [0.2, 0.25) is 11.8 Å². The summed E-state index contributed by atoms with van der Waals surface area (Å²) in [4.78, 5) is 27.1. The molecule has 1 saturated carbocycles. The van der Waals surface area contributed by atoms with Gasteiger partial charge in [-0.25, -0.2) is 0 Å². The Morgan fingerprint density at radius 3 is 2.52 bits per heavy atom. The number of carbonyl (C=O) groups excluding carboxylic acids is 2. The van der Waals surface area contributed by atoms with Gasteiger partial charge in [-0.1, -0.05) is 32.6 Å². The van der Waals surface area contributed by atoms with Gasteiger partial charge in [-0.3, -0.25) is 9.59 Å². The SMILES string of the molecule is CCCCCCC(C)N1C(=O)C(C)(C2CC2)NC(=O)C1C. The maximum absolute atomic E-state index is 12.9. The average molecular weight is 294 g/mol. The van der Waals surface area contributed by atoms with Crippen molar-refractivity contribution in [2.45, 2.75) is 90.3 Å². The van der Waals surface area contributed by atoms with Crippen LogP contribution >= 0.6 is 0 Å². The molecule has 3 unspecified atom stereocenters. The number of rotatable bonds is 7. The minimum Gasteiger partial charge on any atom is -0.340 e.